The molecule has 5 atom stereocenters. The minimum absolute atomic E-state index is 0.118. The van der Waals surface area contributed by atoms with Crippen LogP contribution in [0.15, 0.2) is 35.4 Å². The number of sulfone groups is 1. The van der Waals surface area contributed by atoms with Gasteiger partial charge >= 0.3 is 17.9 Å². The number of carbonyl (C=O) groups is 2. The average molecular weight is 483 g/mol. The molecule has 0 radical (unpaired) electrons. The third kappa shape index (κ3) is 4.86. The summed E-state index contributed by atoms with van der Waals surface area (Å²) in [7, 11) is -4.43. The van der Waals surface area contributed by atoms with Crippen LogP contribution < -0.4 is 0 Å². The maximum atomic E-state index is 13.1. The van der Waals surface area contributed by atoms with Crippen LogP contribution in [0, 0.1) is 17.0 Å². The van der Waals surface area contributed by atoms with Crippen LogP contribution in [0.4, 0.5) is 5.95 Å². The minimum Gasteiger partial charge on any atom is -0.456 e. The van der Waals surface area contributed by atoms with Crippen LogP contribution in [0.3, 0.4) is 0 Å². The van der Waals surface area contributed by atoms with Crippen molar-refractivity contribution in [3.05, 3.63) is 51.8 Å². The molecule has 1 aromatic carbocycles. The Morgan fingerprint density at radius 3 is 2.36 bits per heavy atom. The molecule has 3 rings (SSSR count). The number of esters is 2. The molecule has 33 heavy (non-hydrogen) atoms. The topological polar surface area (TPSA) is 188 Å². The van der Waals surface area contributed by atoms with Gasteiger partial charge in [-0.05, 0) is 23.5 Å². The molecule has 1 aliphatic rings. The fourth-order valence-electron chi connectivity index (χ4n) is 3.54. The summed E-state index contributed by atoms with van der Waals surface area (Å²) in [6, 6.07) is 5.92. The number of aromatic amines is 1. The van der Waals surface area contributed by atoms with Crippen molar-refractivity contribution >= 4 is 27.7 Å². The third-order valence-corrected chi connectivity index (χ3v) is 6.88. The van der Waals surface area contributed by atoms with E-state index >= 15 is 0 Å². The normalized spacial score (nSPS) is 23.6. The van der Waals surface area contributed by atoms with E-state index in [4.69, 9.17) is 14.2 Å². The van der Waals surface area contributed by atoms with Gasteiger partial charge in [-0.1, -0.05) is 23.2 Å². The highest BCUT2D eigenvalue weighted by Crippen LogP contribution is 2.40. The van der Waals surface area contributed by atoms with Gasteiger partial charge in [0.05, 0.1) is 4.90 Å². The molecule has 1 fully saturated rings. The van der Waals surface area contributed by atoms with E-state index in [0.29, 0.717) is 5.56 Å². The zero-order valence-corrected chi connectivity index (χ0v) is 18.5. The lowest BCUT2D eigenvalue weighted by molar-refractivity contribution is -0.393. The molecule has 0 saturated carbocycles. The van der Waals surface area contributed by atoms with Crippen molar-refractivity contribution in [2.75, 3.05) is 0 Å². The van der Waals surface area contributed by atoms with Gasteiger partial charge in [-0.15, -0.1) is 0 Å². The van der Waals surface area contributed by atoms with E-state index in [9.17, 15) is 33.2 Å². The summed E-state index contributed by atoms with van der Waals surface area (Å²) in [6.45, 7) is 3.63. The molecular formula is C19H21N3O10S. The first kappa shape index (κ1) is 24.3. The maximum Gasteiger partial charge on any atom is 0.432 e. The number of imidazole rings is 1. The van der Waals surface area contributed by atoms with Crippen molar-refractivity contribution in [1.29, 1.82) is 0 Å². The number of benzene rings is 1. The van der Waals surface area contributed by atoms with Gasteiger partial charge in [-0.25, -0.2) is 13.4 Å². The Bertz CT molecular complexity index is 1180. The molecule has 2 heterocycles. The number of H-pyrrole nitrogens is 1. The summed E-state index contributed by atoms with van der Waals surface area (Å²) < 4.78 is 42.4. The first-order valence-corrected chi connectivity index (χ1v) is 11.1. The summed E-state index contributed by atoms with van der Waals surface area (Å²) in [5.41, 5.74) is -2.00. The number of nitro groups is 1. The third-order valence-electron chi connectivity index (χ3n) is 4.90. The SMILES string of the molecule is CC(=O)O[C@H]1[C@H](OC(C)=O)[C@H](c2c[nH]c([N+](=O)[O-])n2)O[C@@H]1C(O)S(=O)(=O)c1ccccc1C. The summed E-state index contributed by atoms with van der Waals surface area (Å²) >= 11 is 0. The molecule has 1 aromatic heterocycles. The Labute approximate surface area is 187 Å². The van der Waals surface area contributed by atoms with Crippen LogP contribution in [0.2, 0.25) is 0 Å². The molecule has 0 aliphatic carbocycles. The van der Waals surface area contributed by atoms with E-state index in [-0.39, 0.29) is 10.6 Å². The molecule has 2 N–H and O–H groups in total. The molecule has 13 nitrogen and oxygen atoms in total. The van der Waals surface area contributed by atoms with Crippen molar-refractivity contribution in [2.24, 2.45) is 0 Å². The van der Waals surface area contributed by atoms with Crippen molar-refractivity contribution in [2.45, 2.75) is 55.5 Å². The predicted octanol–water partition coefficient (Wildman–Crippen LogP) is 0.722. The van der Waals surface area contributed by atoms with Crippen molar-refractivity contribution in [1.82, 2.24) is 9.97 Å². The van der Waals surface area contributed by atoms with Gasteiger partial charge in [0.25, 0.3) is 0 Å². The number of aliphatic hydroxyl groups is 1. The molecule has 178 valence electrons. The minimum atomic E-state index is -4.43. The second-order valence-corrected chi connectivity index (χ2v) is 9.29. The van der Waals surface area contributed by atoms with E-state index in [1.165, 1.54) is 25.1 Å². The van der Waals surface area contributed by atoms with Gasteiger partial charge in [0.1, 0.15) is 12.3 Å². The number of aliphatic hydroxyl groups excluding tert-OH is 1. The smallest absolute Gasteiger partial charge is 0.432 e. The molecule has 1 saturated heterocycles. The van der Waals surface area contributed by atoms with E-state index in [2.05, 4.69) is 9.97 Å². The monoisotopic (exact) mass is 483 g/mol. The number of hydrogen-bond acceptors (Lipinski definition) is 11. The highest BCUT2D eigenvalue weighted by atomic mass is 32.2. The number of nitrogens with zero attached hydrogens (tertiary/aromatic N) is 2. The number of hydrogen-bond donors (Lipinski definition) is 2. The summed E-state index contributed by atoms with van der Waals surface area (Å²) in [5.74, 6) is -2.33. The molecule has 14 heteroatoms. The van der Waals surface area contributed by atoms with E-state index in [0.717, 1.165) is 20.0 Å². The van der Waals surface area contributed by atoms with Crippen LogP contribution in [-0.2, 0) is 33.6 Å². The largest absolute Gasteiger partial charge is 0.456 e. The van der Waals surface area contributed by atoms with E-state index in [1.807, 2.05) is 0 Å². The Kier molecular flexibility index (Phi) is 6.81. The second-order valence-electron chi connectivity index (χ2n) is 7.28. The molecule has 0 spiro atoms. The zero-order valence-electron chi connectivity index (χ0n) is 17.7. The number of ether oxygens (including phenoxy) is 3. The summed E-state index contributed by atoms with van der Waals surface area (Å²) in [4.78, 5) is 39.5. The molecule has 0 bridgehead atoms. The first-order chi connectivity index (χ1) is 15.4. The number of rotatable bonds is 7. The molecule has 1 unspecified atom stereocenters. The van der Waals surface area contributed by atoms with Crippen LogP contribution in [0.25, 0.3) is 0 Å². The summed E-state index contributed by atoms with van der Waals surface area (Å²) in [6.07, 6.45) is -4.98. The van der Waals surface area contributed by atoms with Gasteiger partial charge in [0.2, 0.25) is 9.84 Å². The van der Waals surface area contributed by atoms with E-state index in [1.54, 1.807) is 6.07 Å². The Hall–Kier alpha value is -3.36. The van der Waals surface area contributed by atoms with Crippen LogP contribution in [0.5, 0.6) is 0 Å². The van der Waals surface area contributed by atoms with Gasteiger partial charge in [-0.2, -0.15) is 0 Å². The van der Waals surface area contributed by atoms with Gasteiger partial charge in [-0.3, -0.25) is 9.59 Å². The summed E-state index contributed by atoms with van der Waals surface area (Å²) in [5, 5.41) is 21.9. The second kappa shape index (κ2) is 9.25. The van der Waals surface area contributed by atoms with Gasteiger partial charge < -0.3 is 29.4 Å². The number of carbonyl (C=O) groups excluding carboxylic acids is 2. The highest BCUT2D eigenvalue weighted by Gasteiger charge is 2.56. The predicted molar refractivity (Wildman–Crippen MR) is 108 cm³/mol. The number of aromatic nitrogens is 2. The lowest BCUT2D eigenvalue weighted by atomic mass is 10.1. The number of aryl methyl sites for hydroxylation is 1. The van der Waals surface area contributed by atoms with Crippen LogP contribution in [-0.4, -0.2) is 64.1 Å². The van der Waals surface area contributed by atoms with E-state index < -0.39 is 62.5 Å². The molecule has 1 aliphatic heterocycles. The zero-order chi connectivity index (χ0) is 24.5. The standard InChI is InChI=1S/C19H21N3O10S/c1-9-6-4-5-7-13(9)33(28,29)18(25)17-16(31-11(3)24)15(30-10(2)23)14(32-17)12-8-20-19(21-12)22(26)27/h4-8,14-18,25H,1-3H3,(H,20,21)/t14-,15+,16-,17-,18?/m0/s1. The van der Waals surface area contributed by atoms with Crippen LogP contribution >= 0.6 is 0 Å². The van der Waals surface area contributed by atoms with Crippen LogP contribution in [0.1, 0.15) is 31.2 Å². The molecular weight excluding hydrogens is 462 g/mol. The molecule has 2 aromatic rings. The lowest BCUT2D eigenvalue weighted by Gasteiger charge is -2.25. The fourth-order valence-corrected chi connectivity index (χ4v) is 5.16. The Morgan fingerprint density at radius 2 is 1.82 bits per heavy atom. The average Bonchev–Trinajstić information content (AvgIpc) is 3.33. The quantitative estimate of drug-likeness (QED) is 0.321. The van der Waals surface area contributed by atoms with Crippen molar-refractivity contribution in [3.8, 4) is 0 Å². The Balaban J connectivity index is 2.06. The molecule has 0 amide bonds. The highest BCUT2D eigenvalue weighted by molar-refractivity contribution is 7.92. The van der Waals surface area contributed by atoms with Gasteiger partial charge in [0, 0.05) is 13.8 Å². The maximum absolute atomic E-state index is 13.1. The van der Waals surface area contributed by atoms with Crippen molar-refractivity contribution < 1.29 is 42.2 Å². The number of nitrogens with one attached hydrogen (secondary N) is 1. The first-order valence-electron chi connectivity index (χ1n) is 9.60. The van der Waals surface area contributed by atoms with Crippen molar-refractivity contribution in [3.63, 3.8) is 0 Å². The Morgan fingerprint density at radius 1 is 1.21 bits per heavy atom. The lowest BCUT2D eigenvalue weighted by Crippen LogP contribution is -2.46. The van der Waals surface area contributed by atoms with Gasteiger partial charge in [0.15, 0.2) is 29.4 Å². The fraction of sp³-hybridized carbons (Fsp3) is 0.421.